The Morgan fingerprint density at radius 2 is 1.72 bits per heavy atom. The van der Waals surface area contributed by atoms with E-state index in [-0.39, 0.29) is 0 Å². The van der Waals surface area contributed by atoms with Gasteiger partial charge in [0.05, 0.1) is 12.5 Å². The highest BCUT2D eigenvalue weighted by Gasteiger charge is 2.11. The summed E-state index contributed by atoms with van der Waals surface area (Å²) in [4.78, 5) is 0. The SMILES string of the molecule is CNC(Cc1ccoc1)c1ccc(C(C)C)cc1. The Balaban J connectivity index is 2.12. The van der Waals surface area contributed by atoms with Crippen LogP contribution in [0.4, 0.5) is 0 Å². The summed E-state index contributed by atoms with van der Waals surface area (Å²) in [6.45, 7) is 4.44. The minimum atomic E-state index is 0.337. The molecule has 96 valence electrons. The van der Waals surface area contributed by atoms with E-state index in [9.17, 15) is 0 Å². The molecule has 2 heteroatoms. The van der Waals surface area contributed by atoms with Gasteiger partial charge in [0, 0.05) is 6.04 Å². The van der Waals surface area contributed by atoms with E-state index in [1.807, 2.05) is 19.4 Å². The van der Waals surface area contributed by atoms with Crippen LogP contribution in [0.5, 0.6) is 0 Å². The predicted octanol–water partition coefficient (Wildman–Crippen LogP) is 3.91. The van der Waals surface area contributed by atoms with Crippen LogP contribution in [-0.2, 0) is 6.42 Å². The molecular formula is C16H21NO. The van der Waals surface area contributed by atoms with Crippen LogP contribution in [0.3, 0.4) is 0 Å². The first-order valence-electron chi connectivity index (χ1n) is 6.49. The second-order valence-corrected chi connectivity index (χ2v) is 5.00. The van der Waals surface area contributed by atoms with Gasteiger partial charge in [0.1, 0.15) is 0 Å². The first-order chi connectivity index (χ1) is 8.70. The minimum Gasteiger partial charge on any atom is -0.472 e. The fourth-order valence-corrected chi connectivity index (χ4v) is 2.14. The molecule has 1 unspecified atom stereocenters. The minimum absolute atomic E-state index is 0.337. The van der Waals surface area contributed by atoms with Crippen molar-refractivity contribution >= 4 is 0 Å². The first kappa shape index (κ1) is 12.9. The average molecular weight is 243 g/mol. The standard InChI is InChI=1S/C16H21NO/c1-12(2)14-4-6-15(7-5-14)16(17-3)10-13-8-9-18-11-13/h4-9,11-12,16-17H,10H2,1-3H3. The molecule has 18 heavy (non-hydrogen) atoms. The van der Waals surface area contributed by atoms with E-state index in [0.29, 0.717) is 12.0 Å². The molecule has 1 aromatic carbocycles. The summed E-state index contributed by atoms with van der Waals surface area (Å²) in [7, 11) is 2.00. The third-order valence-corrected chi connectivity index (χ3v) is 3.37. The predicted molar refractivity (Wildman–Crippen MR) is 74.7 cm³/mol. The maximum absolute atomic E-state index is 5.12. The maximum atomic E-state index is 5.12. The molecule has 2 rings (SSSR count). The lowest BCUT2D eigenvalue weighted by atomic mass is 9.96. The van der Waals surface area contributed by atoms with Crippen molar-refractivity contribution in [3.05, 3.63) is 59.5 Å². The Hall–Kier alpha value is -1.54. The normalized spacial score (nSPS) is 12.9. The molecule has 1 atom stereocenters. The lowest BCUT2D eigenvalue weighted by Crippen LogP contribution is -2.18. The van der Waals surface area contributed by atoms with E-state index in [1.165, 1.54) is 16.7 Å². The summed E-state index contributed by atoms with van der Waals surface area (Å²) in [5, 5.41) is 3.36. The van der Waals surface area contributed by atoms with Gasteiger partial charge in [0.2, 0.25) is 0 Å². The van der Waals surface area contributed by atoms with Crippen molar-refractivity contribution in [1.29, 1.82) is 0 Å². The third-order valence-electron chi connectivity index (χ3n) is 3.37. The zero-order valence-electron chi connectivity index (χ0n) is 11.3. The van der Waals surface area contributed by atoms with Gasteiger partial charge in [-0.15, -0.1) is 0 Å². The fraction of sp³-hybridized carbons (Fsp3) is 0.375. The Kier molecular flexibility index (Phi) is 4.21. The zero-order valence-corrected chi connectivity index (χ0v) is 11.3. The van der Waals surface area contributed by atoms with E-state index in [4.69, 9.17) is 4.42 Å². The van der Waals surface area contributed by atoms with Crippen LogP contribution in [0.2, 0.25) is 0 Å². The lowest BCUT2D eigenvalue weighted by Gasteiger charge is -2.16. The summed E-state index contributed by atoms with van der Waals surface area (Å²) in [6.07, 6.45) is 4.49. The lowest BCUT2D eigenvalue weighted by molar-refractivity contribution is 0.551. The van der Waals surface area contributed by atoms with Gasteiger partial charge in [-0.25, -0.2) is 0 Å². The molecule has 1 N–H and O–H groups in total. The third kappa shape index (κ3) is 3.02. The number of benzene rings is 1. The van der Waals surface area contributed by atoms with Crippen LogP contribution >= 0.6 is 0 Å². The number of hydrogen-bond acceptors (Lipinski definition) is 2. The van der Waals surface area contributed by atoms with Gasteiger partial charge in [-0.3, -0.25) is 0 Å². The molecule has 1 heterocycles. The van der Waals surface area contributed by atoms with Gasteiger partial charge in [0.25, 0.3) is 0 Å². The van der Waals surface area contributed by atoms with Crippen molar-refractivity contribution in [1.82, 2.24) is 5.32 Å². The molecule has 0 saturated heterocycles. The number of hydrogen-bond donors (Lipinski definition) is 1. The molecule has 0 aliphatic heterocycles. The largest absolute Gasteiger partial charge is 0.472 e. The molecule has 0 bridgehead atoms. The smallest absolute Gasteiger partial charge is 0.0935 e. The number of furan rings is 1. The molecule has 0 aliphatic rings. The highest BCUT2D eigenvalue weighted by atomic mass is 16.3. The Morgan fingerprint density at radius 3 is 2.22 bits per heavy atom. The van der Waals surface area contributed by atoms with E-state index in [2.05, 4.69) is 43.4 Å². The molecule has 0 aliphatic carbocycles. The molecule has 2 nitrogen and oxygen atoms in total. The summed E-state index contributed by atoms with van der Waals surface area (Å²) >= 11 is 0. The summed E-state index contributed by atoms with van der Waals surface area (Å²) in [6, 6.07) is 11.2. The van der Waals surface area contributed by atoms with Gasteiger partial charge in [0.15, 0.2) is 0 Å². The number of rotatable bonds is 5. The highest BCUT2D eigenvalue weighted by molar-refractivity contribution is 5.28. The molecule has 0 saturated carbocycles. The maximum Gasteiger partial charge on any atom is 0.0935 e. The fourth-order valence-electron chi connectivity index (χ4n) is 2.14. The molecule has 1 aromatic heterocycles. The van der Waals surface area contributed by atoms with Gasteiger partial charge < -0.3 is 9.73 Å². The second kappa shape index (κ2) is 5.87. The molecule has 0 spiro atoms. The van der Waals surface area contributed by atoms with Crippen LogP contribution in [0.1, 0.15) is 42.5 Å². The van der Waals surface area contributed by atoms with Crippen molar-refractivity contribution in [3.8, 4) is 0 Å². The van der Waals surface area contributed by atoms with Crippen LogP contribution in [0, 0.1) is 0 Å². The molecule has 2 aromatic rings. The average Bonchev–Trinajstić information content (AvgIpc) is 2.89. The zero-order chi connectivity index (χ0) is 13.0. The highest BCUT2D eigenvalue weighted by Crippen LogP contribution is 2.21. The van der Waals surface area contributed by atoms with Crippen molar-refractivity contribution < 1.29 is 4.42 Å². The summed E-state index contributed by atoms with van der Waals surface area (Å²) in [5.74, 6) is 0.584. The van der Waals surface area contributed by atoms with Crippen molar-refractivity contribution in [2.75, 3.05) is 7.05 Å². The van der Waals surface area contributed by atoms with Crippen LogP contribution in [0.25, 0.3) is 0 Å². The Labute approximate surface area is 109 Å². The van der Waals surface area contributed by atoms with E-state index in [0.717, 1.165) is 6.42 Å². The quantitative estimate of drug-likeness (QED) is 0.861. The van der Waals surface area contributed by atoms with Crippen LogP contribution in [0.15, 0.2) is 47.3 Å². The van der Waals surface area contributed by atoms with Gasteiger partial charge in [-0.05, 0) is 42.1 Å². The monoisotopic (exact) mass is 243 g/mol. The Morgan fingerprint density at radius 1 is 1.06 bits per heavy atom. The van der Waals surface area contributed by atoms with Crippen LogP contribution in [-0.4, -0.2) is 7.05 Å². The van der Waals surface area contributed by atoms with Crippen LogP contribution < -0.4 is 5.32 Å². The molecule has 0 radical (unpaired) electrons. The Bertz CT molecular complexity index is 456. The van der Waals surface area contributed by atoms with Gasteiger partial charge in [-0.2, -0.15) is 0 Å². The van der Waals surface area contributed by atoms with Gasteiger partial charge >= 0.3 is 0 Å². The van der Waals surface area contributed by atoms with Crippen molar-refractivity contribution in [3.63, 3.8) is 0 Å². The summed E-state index contributed by atoms with van der Waals surface area (Å²) in [5.41, 5.74) is 3.93. The molecule has 0 amide bonds. The number of nitrogens with one attached hydrogen (secondary N) is 1. The van der Waals surface area contributed by atoms with Crippen molar-refractivity contribution in [2.45, 2.75) is 32.2 Å². The number of likely N-dealkylation sites (N-methyl/N-ethyl adjacent to an activating group) is 1. The van der Waals surface area contributed by atoms with Gasteiger partial charge in [-0.1, -0.05) is 38.1 Å². The van der Waals surface area contributed by atoms with E-state index >= 15 is 0 Å². The van der Waals surface area contributed by atoms with E-state index < -0.39 is 0 Å². The topological polar surface area (TPSA) is 25.2 Å². The first-order valence-corrected chi connectivity index (χ1v) is 6.49. The molecule has 0 fully saturated rings. The second-order valence-electron chi connectivity index (χ2n) is 5.00. The van der Waals surface area contributed by atoms with Crippen molar-refractivity contribution in [2.24, 2.45) is 0 Å². The molecular weight excluding hydrogens is 222 g/mol. The summed E-state index contributed by atoms with van der Waals surface area (Å²) < 4.78 is 5.12. The van der Waals surface area contributed by atoms with E-state index in [1.54, 1.807) is 6.26 Å².